The van der Waals surface area contributed by atoms with Crippen LogP contribution in [0.5, 0.6) is 5.75 Å². The third-order valence-corrected chi connectivity index (χ3v) is 3.14. The monoisotopic (exact) mass is 269 g/mol. The van der Waals surface area contributed by atoms with Gasteiger partial charge in [-0.1, -0.05) is 15.9 Å². The van der Waals surface area contributed by atoms with Crippen molar-refractivity contribution in [2.24, 2.45) is 0 Å². The molecule has 0 aromatic heterocycles. The molecule has 0 saturated carbocycles. The van der Waals surface area contributed by atoms with E-state index in [1.807, 2.05) is 0 Å². The van der Waals surface area contributed by atoms with Crippen molar-refractivity contribution in [2.45, 2.75) is 19.3 Å². The minimum absolute atomic E-state index is 0.00935. The summed E-state index contributed by atoms with van der Waals surface area (Å²) < 4.78 is 19.6. The number of benzene rings is 1. The summed E-state index contributed by atoms with van der Waals surface area (Å²) in [5, 5.41) is 0. The van der Waals surface area contributed by atoms with E-state index in [1.54, 1.807) is 0 Å². The van der Waals surface area contributed by atoms with Gasteiger partial charge in [-0.25, -0.2) is 9.24 Å². The minimum atomic E-state index is -0.516. The van der Waals surface area contributed by atoms with Crippen LogP contribution in [0.25, 0.3) is 4.85 Å². The molecule has 2 nitrogen and oxygen atoms in total. The average Bonchev–Trinajstić information content (AvgIpc) is 2.44. The number of halogens is 2. The Labute approximate surface area is 96.0 Å². The Kier molecular flexibility index (Phi) is 2.92. The summed E-state index contributed by atoms with van der Waals surface area (Å²) in [7, 11) is 0. The molecule has 2 rings (SSSR count). The standard InChI is InChI=1S/C11H9BrFNO/c1-14-10-9(13)6-8(12)7-4-2-3-5-15-11(7)10/h6H,2-5H2. The third kappa shape index (κ3) is 1.84. The third-order valence-electron chi connectivity index (χ3n) is 2.44. The molecular weight excluding hydrogens is 261 g/mol. The first-order valence-corrected chi connectivity index (χ1v) is 5.54. The summed E-state index contributed by atoms with van der Waals surface area (Å²) in [6, 6.07) is 1.35. The van der Waals surface area contributed by atoms with Gasteiger partial charge in [-0.2, -0.15) is 0 Å². The minimum Gasteiger partial charge on any atom is -0.504 e. The van der Waals surface area contributed by atoms with Gasteiger partial charge in [-0.05, 0) is 30.9 Å². The second-order valence-electron chi connectivity index (χ2n) is 3.41. The first kappa shape index (κ1) is 10.4. The molecule has 0 saturated heterocycles. The fourth-order valence-corrected chi connectivity index (χ4v) is 2.28. The second kappa shape index (κ2) is 4.19. The topological polar surface area (TPSA) is 13.6 Å². The van der Waals surface area contributed by atoms with Gasteiger partial charge >= 0.3 is 0 Å². The van der Waals surface area contributed by atoms with E-state index in [2.05, 4.69) is 20.8 Å². The van der Waals surface area contributed by atoms with E-state index >= 15 is 0 Å². The number of ether oxygens (including phenoxy) is 1. The van der Waals surface area contributed by atoms with Crippen LogP contribution in [0.3, 0.4) is 0 Å². The summed E-state index contributed by atoms with van der Waals surface area (Å²) in [6.07, 6.45) is 2.79. The maximum atomic E-state index is 13.4. The molecule has 4 heteroatoms. The predicted molar refractivity (Wildman–Crippen MR) is 58.8 cm³/mol. The molecule has 1 aromatic rings. The largest absolute Gasteiger partial charge is 0.504 e. The number of hydrogen-bond acceptors (Lipinski definition) is 1. The lowest BCUT2D eigenvalue weighted by Crippen LogP contribution is -1.96. The Morgan fingerprint density at radius 2 is 2.27 bits per heavy atom. The SMILES string of the molecule is [C-]#[N+]c1c(F)cc(Br)c2c1OCCCC2. The molecule has 0 fully saturated rings. The number of hydrogen-bond donors (Lipinski definition) is 0. The molecular formula is C11H9BrFNO. The van der Waals surface area contributed by atoms with Gasteiger partial charge in [0.05, 0.1) is 13.2 Å². The molecule has 0 atom stereocenters. The van der Waals surface area contributed by atoms with Crippen LogP contribution >= 0.6 is 15.9 Å². The van der Waals surface area contributed by atoms with Gasteiger partial charge in [0, 0.05) is 4.47 Å². The molecule has 0 spiro atoms. The lowest BCUT2D eigenvalue weighted by atomic mass is 10.1. The molecule has 1 aliphatic rings. The van der Waals surface area contributed by atoms with Gasteiger partial charge in [0.1, 0.15) is 11.6 Å². The van der Waals surface area contributed by atoms with Crippen molar-refractivity contribution >= 4 is 21.6 Å². The summed E-state index contributed by atoms with van der Waals surface area (Å²) in [5.74, 6) is -0.0908. The molecule has 0 aliphatic carbocycles. The Hall–Kier alpha value is -1.08. The van der Waals surface area contributed by atoms with Crippen LogP contribution in [0.1, 0.15) is 18.4 Å². The van der Waals surface area contributed by atoms with E-state index in [9.17, 15) is 4.39 Å². The van der Waals surface area contributed by atoms with Gasteiger partial charge in [-0.3, -0.25) is 0 Å². The van der Waals surface area contributed by atoms with E-state index in [-0.39, 0.29) is 5.69 Å². The van der Waals surface area contributed by atoms with E-state index in [1.165, 1.54) is 6.07 Å². The van der Waals surface area contributed by atoms with Crippen LogP contribution < -0.4 is 4.74 Å². The number of fused-ring (bicyclic) bond motifs is 1. The van der Waals surface area contributed by atoms with E-state index in [4.69, 9.17) is 11.3 Å². The van der Waals surface area contributed by atoms with Crippen LogP contribution in [0, 0.1) is 12.4 Å². The van der Waals surface area contributed by atoms with E-state index in [0.29, 0.717) is 16.8 Å². The summed E-state index contributed by atoms with van der Waals surface area (Å²) in [6.45, 7) is 7.52. The average molecular weight is 270 g/mol. The van der Waals surface area contributed by atoms with Crippen molar-refractivity contribution in [3.8, 4) is 5.75 Å². The smallest absolute Gasteiger partial charge is 0.263 e. The Balaban J connectivity index is 2.64. The zero-order valence-electron chi connectivity index (χ0n) is 8.02. The first-order valence-electron chi connectivity index (χ1n) is 4.75. The molecule has 1 aliphatic heterocycles. The highest BCUT2D eigenvalue weighted by Crippen LogP contribution is 2.41. The highest BCUT2D eigenvalue weighted by Gasteiger charge is 2.20. The fourth-order valence-electron chi connectivity index (χ4n) is 1.70. The van der Waals surface area contributed by atoms with Crippen molar-refractivity contribution in [2.75, 3.05) is 6.61 Å². The molecule has 15 heavy (non-hydrogen) atoms. The maximum Gasteiger partial charge on any atom is 0.263 e. The van der Waals surface area contributed by atoms with Crippen molar-refractivity contribution in [1.29, 1.82) is 0 Å². The first-order chi connectivity index (χ1) is 7.24. The van der Waals surface area contributed by atoms with Crippen LogP contribution in [0.15, 0.2) is 10.5 Å². The van der Waals surface area contributed by atoms with Gasteiger partial charge in [0.15, 0.2) is 0 Å². The van der Waals surface area contributed by atoms with Crippen molar-refractivity contribution in [1.82, 2.24) is 0 Å². The van der Waals surface area contributed by atoms with Gasteiger partial charge in [0.25, 0.3) is 5.69 Å². The molecule has 0 N–H and O–H groups in total. The predicted octanol–water partition coefficient (Wildman–Crippen LogP) is 3.85. The lowest BCUT2D eigenvalue weighted by Gasteiger charge is -2.11. The molecule has 0 bridgehead atoms. The molecule has 1 aromatic carbocycles. The van der Waals surface area contributed by atoms with Crippen LogP contribution in [0.2, 0.25) is 0 Å². The molecule has 78 valence electrons. The Bertz CT molecular complexity index is 439. The zero-order chi connectivity index (χ0) is 10.8. The zero-order valence-corrected chi connectivity index (χ0v) is 9.60. The van der Waals surface area contributed by atoms with Crippen molar-refractivity contribution in [3.05, 3.63) is 33.3 Å². The van der Waals surface area contributed by atoms with Crippen LogP contribution in [-0.4, -0.2) is 6.61 Å². The number of rotatable bonds is 0. The molecule has 0 unspecified atom stereocenters. The quantitative estimate of drug-likeness (QED) is 0.653. The highest BCUT2D eigenvalue weighted by molar-refractivity contribution is 9.10. The molecule has 1 heterocycles. The molecule has 0 radical (unpaired) electrons. The molecule has 0 amide bonds. The lowest BCUT2D eigenvalue weighted by molar-refractivity contribution is 0.317. The van der Waals surface area contributed by atoms with Gasteiger partial charge in [0.2, 0.25) is 0 Å². The normalized spacial score (nSPS) is 14.7. The van der Waals surface area contributed by atoms with Crippen molar-refractivity contribution in [3.63, 3.8) is 0 Å². The maximum absolute atomic E-state index is 13.4. The Morgan fingerprint density at radius 1 is 1.47 bits per heavy atom. The van der Waals surface area contributed by atoms with Crippen LogP contribution in [-0.2, 0) is 6.42 Å². The summed E-state index contributed by atoms with van der Waals surface area (Å²) >= 11 is 3.31. The second-order valence-corrected chi connectivity index (χ2v) is 4.27. The Morgan fingerprint density at radius 3 is 3.00 bits per heavy atom. The van der Waals surface area contributed by atoms with E-state index in [0.717, 1.165) is 24.8 Å². The van der Waals surface area contributed by atoms with Crippen LogP contribution in [0.4, 0.5) is 10.1 Å². The highest BCUT2D eigenvalue weighted by atomic mass is 79.9. The number of nitrogens with zero attached hydrogens (tertiary/aromatic N) is 1. The fraction of sp³-hybridized carbons (Fsp3) is 0.364. The summed E-state index contributed by atoms with van der Waals surface area (Å²) in [5.41, 5.74) is 0.926. The van der Waals surface area contributed by atoms with E-state index < -0.39 is 5.82 Å². The summed E-state index contributed by atoms with van der Waals surface area (Å²) in [4.78, 5) is 3.20. The van der Waals surface area contributed by atoms with Crippen molar-refractivity contribution < 1.29 is 9.13 Å². The van der Waals surface area contributed by atoms with Gasteiger partial charge < -0.3 is 4.74 Å². The van der Waals surface area contributed by atoms with Gasteiger partial charge in [-0.15, -0.1) is 0 Å².